The Hall–Kier alpha value is -3.91. The van der Waals surface area contributed by atoms with Gasteiger partial charge in [-0.15, -0.1) is 0 Å². The lowest BCUT2D eigenvalue weighted by molar-refractivity contribution is -0.184. The number of unbranched alkanes of at least 4 members (excludes halogenated alkanes) is 14. The van der Waals surface area contributed by atoms with E-state index in [1.807, 2.05) is 72.9 Å². The molecular formula is C50H72O6S. The smallest absolute Gasteiger partial charge is 0.299 e. The van der Waals surface area contributed by atoms with Crippen molar-refractivity contribution in [2.45, 2.75) is 135 Å². The molecule has 0 radical (unpaired) electrons. The van der Waals surface area contributed by atoms with E-state index in [9.17, 15) is 18.0 Å². The van der Waals surface area contributed by atoms with Gasteiger partial charge in [0.15, 0.2) is 0 Å². The number of carbonyl (C=O) groups is 2. The molecule has 0 aliphatic carbocycles. The number of hydrogen-bond acceptors (Lipinski definition) is 6. The summed E-state index contributed by atoms with van der Waals surface area (Å²) in [5.41, 5.74) is 0. The molecule has 57 heavy (non-hydrogen) atoms. The van der Waals surface area contributed by atoms with Gasteiger partial charge in [-0.25, -0.2) is 8.42 Å². The van der Waals surface area contributed by atoms with E-state index in [0.717, 1.165) is 19.1 Å². The first-order valence-electron chi connectivity index (χ1n) is 21.3. The quantitative estimate of drug-likeness (QED) is 0.0284. The molecule has 6 nitrogen and oxygen atoms in total. The number of rotatable bonds is 33. The van der Waals surface area contributed by atoms with Crippen molar-refractivity contribution in [2.75, 3.05) is 18.6 Å². The van der Waals surface area contributed by atoms with Crippen LogP contribution in [0.15, 0.2) is 146 Å². The van der Waals surface area contributed by atoms with E-state index in [1.54, 1.807) is 24.3 Å². The maximum atomic E-state index is 13.3. The Labute approximate surface area is 347 Å². The van der Waals surface area contributed by atoms with Crippen LogP contribution in [0, 0.1) is 0 Å². The summed E-state index contributed by atoms with van der Waals surface area (Å²) in [4.78, 5) is 26.6. The van der Waals surface area contributed by atoms with E-state index in [-0.39, 0.29) is 18.8 Å². The topological polar surface area (TPSA) is 86.7 Å². The minimum Gasteiger partial charge on any atom is -0.334 e. The van der Waals surface area contributed by atoms with Gasteiger partial charge in [-0.3, -0.25) is 9.59 Å². The SMILES string of the molecule is CCCCCCCCCC=CC=CC=CC=CC=CC=CC(=O)C1(C(=O)C=CC=CC=CC=CC=CC=CCCCCCCCCC)OCC(CCS(C)(=O)=O)O1. The highest BCUT2D eigenvalue weighted by Gasteiger charge is 2.52. The third-order valence-electron chi connectivity index (χ3n) is 8.98. The third kappa shape index (κ3) is 29.0. The Bertz CT molecular complexity index is 1470. The van der Waals surface area contributed by atoms with Crippen LogP contribution < -0.4 is 0 Å². The van der Waals surface area contributed by atoms with Crippen LogP contribution in [-0.4, -0.2) is 50.5 Å². The van der Waals surface area contributed by atoms with Crippen molar-refractivity contribution in [1.29, 1.82) is 0 Å². The van der Waals surface area contributed by atoms with E-state index in [2.05, 4.69) is 38.2 Å². The molecule has 314 valence electrons. The van der Waals surface area contributed by atoms with Gasteiger partial charge in [-0.2, -0.15) is 0 Å². The predicted octanol–water partition coefficient (Wildman–Crippen LogP) is 12.6. The van der Waals surface area contributed by atoms with Crippen molar-refractivity contribution in [3.05, 3.63) is 146 Å². The second-order valence-corrected chi connectivity index (χ2v) is 16.5. The summed E-state index contributed by atoms with van der Waals surface area (Å²) in [6.07, 6.45) is 65.3. The lowest BCUT2D eigenvalue weighted by Crippen LogP contribution is -2.46. The number of ketones is 2. The van der Waals surface area contributed by atoms with Gasteiger partial charge in [-0.1, -0.05) is 225 Å². The fourth-order valence-electron chi connectivity index (χ4n) is 5.70. The minimum absolute atomic E-state index is 0.0721. The number of hydrogen-bond donors (Lipinski definition) is 0. The zero-order valence-electron chi connectivity index (χ0n) is 35.2. The first kappa shape index (κ1) is 51.1. The van der Waals surface area contributed by atoms with E-state index in [4.69, 9.17) is 9.47 Å². The standard InChI is InChI=1S/C50H72O6S/c1-4-6-8-10-12-14-16-18-20-22-24-26-28-30-32-34-36-38-40-42-48(51)50(55-46-47(56-50)44-45-57(3,53)54)49(52)43-41-39-37-35-33-31-29-27-25-23-21-19-17-15-13-11-9-7-5-2/h20-43,47H,4-19,44-46H2,1-3H3. The number of carbonyl (C=O) groups excluding carboxylic acids is 2. The van der Waals surface area contributed by atoms with E-state index in [0.29, 0.717) is 0 Å². The summed E-state index contributed by atoms with van der Waals surface area (Å²) >= 11 is 0. The van der Waals surface area contributed by atoms with E-state index in [1.165, 1.54) is 114 Å². The van der Waals surface area contributed by atoms with Crippen LogP contribution in [0.2, 0.25) is 0 Å². The molecule has 1 aliphatic heterocycles. The molecule has 0 N–H and O–H groups in total. The molecule has 0 spiro atoms. The Morgan fingerprint density at radius 2 is 0.842 bits per heavy atom. The van der Waals surface area contributed by atoms with Crippen LogP contribution in [0.25, 0.3) is 0 Å². The normalized spacial score (nSPS) is 18.8. The van der Waals surface area contributed by atoms with Crippen molar-refractivity contribution in [1.82, 2.24) is 0 Å². The summed E-state index contributed by atoms with van der Waals surface area (Å²) in [7, 11) is -3.26. The lowest BCUT2D eigenvalue weighted by atomic mass is 10.0. The third-order valence-corrected chi connectivity index (χ3v) is 9.96. The van der Waals surface area contributed by atoms with E-state index >= 15 is 0 Å². The van der Waals surface area contributed by atoms with Gasteiger partial charge < -0.3 is 9.47 Å². The summed E-state index contributed by atoms with van der Waals surface area (Å²) in [5, 5.41) is 0. The zero-order valence-corrected chi connectivity index (χ0v) is 36.0. The second kappa shape index (κ2) is 35.3. The molecule has 0 amide bonds. The molecule has 0 aromatic heterocycles. The monoisotopic (exact) mass is 801 g/mol. The summed E-state index contributed by atoms with van der Waals surface area (Å²) in [6, 6.07) is 0. The molecule has 1 saturated heterocycles. The summed E-state index contributed by atoms with van der Waals surface area (Å²) in [5.74, 6) is -3.66. The first-order chi connectivity index (χ1) is 27.7. The molecule has 1 rings (SSSR count). The number of allylic oxidation sites excluding steroid dienone is 22. The first-order valence-corrected chi connectivity index (χ1v) is 23.4. The molecule has 1 fully saturated rings. The highest BCUT2D eigenvalue weighted by Crippen LogP contribution is 2.29. The molecule has 1 heterocycles. The Kier molecular flexibility index (Phi) is 31.6. The maximum absolute atomic E-state index is 13.3. The fourth-order valence-corrected chi connectivity index (χ4v) is 6.39. The van der Waals surface area contributed by atoms with Crippen LogP contribution in [0.5, 0.6) is 0 Å². The second-order valence-electron chi connectivity index (χ2n) is 14.3. The largest absolute Gasteiger partial charge is 0.334 e. The molecule has 0 saturated carbocycles. The van der Waals surface area contributed by atoms with Crippen LogP contribution in [-0.2, 0) is 28.9 Å². The van der Waals surface area contributed by atoms with Crippen molar-refractivity contribution in [3.8, 4) is 0 Å². The van der Waals surface area contributed by atoms with Crippen LogP contribution in [0.3, 0.4) is 0 Å². The van der Waals surface area contributed by atoms with Crippen molar-refractivity contribution >= 4 is 21.4 Å². The van der Waals surface area contributed by atoms with Crippen molar-refractivity contribution < 1.29 is 27.5 Å². The van der Waals surface area contributed by atoms with Gasteiger partial charge in [0.05, 0.1) is 18.5 Å². The van der Waals surface area contributed by atoms with Gasteiger partial charge in [0.2, 0.25) is 11.6 Å². The molecule has 0 aromatic carbocycles. The van der Waals surface area contributed by atoms with Crippen LogP contribution in [0.1, 0.15) is 123 Å². The predicted molar refractivity (Wildman–Crippen MR) is 243 cm³/mol. The van der Waals surface area contributed by atoms with Gasteiger partial charge >= 0.3 is 0 Å². The van der Waals surface area contributed by atoms with Crippen LogP contribution >= 0.6 is 0 Å². The fraction of sp³-hybridized carbons (Fsp3) is 0.480. The van der Waals surface area contributed by atoms with Gasteiger partial charge in [-0.05, 0) is 44.3 Å². The van der Waals surface area contributed by atoms with Gasteiger partial charge in [0.25, 0.3) is 5.79 Å². The van der Waals surface area contributed by atoms with Gasteiger partial charge in [0.1, 0.15) is 9.84 Å². The highest BCUT2D eigenvalue weighted by molar-refractivity contribution is 7.90. The molecular weight excluding hydrogens is 729 g/mol. The van der Waals surface area contributed by atoms with Crippen LogP contribution in [0.4, 0.5) is 0 Å². The Morgan fingerprint density at radius 3 is 1.21 bits per heavy atom. The van der Waals surface area contributed by atoms with Crippen molar-refractivity contribution in [3.63, 3.8) is 0 Å². The van der Waals surface area contributed by atoms with Gasteiger partial charge in [0, 0.05) is 6.26 Å². The molecule has 1 atom stereocenters. The summed E-state index contributed by atoms with van der Waals surface area (Å²) < 4.78 is 35.0. The Balaban J connectivity index is 2.60. The number of ether oxygens (including phenoxy) is 2. The van der Waals surface area contributed by atoms with E-state index < -0.39 is 33.3 Å². The molecule has 1 unspecified atom stereocenters. The average molecular weight is 801 g/mol. The van der Waals surface area contributed by atoms with Crippen molar-refractivity contribution in [2.24, 2.45) is 0 Å². The molecule has 1 aliphatic rings. The molecule has 0 bridgehead atoms. The molecule has 7 heteroatoms. The maximum Gasteiger partial charge on any atom is 0.299 e. The summed E-state index contributed by atoms with van der Waals surface area (Å²) in [6.45, 7) is 4.42. The Morgan fingerprint density at radius 1 is 0.509 bits per heavy atom. The number of sulfone groups is 1. The lowest BCUT2D eigenvalue weighted by Gasteiger charge is -2.22. The molecule has 0 aromatic rings. The average Bonchev–Trinajstić information content (AvgIpc) is 3.64. The zero-order chi connectivity index (χ0) is 41.6. The minimum atomic E-state index is -3.26. The highest BCUT2D eigenvalue weighted by atomic mass is 32.2.